The molecule has 0 radical (unpaired) electrons. The lowest BCUT2D eigenvalue weighted by Crippen LogP contribution is -2.26. The SMILES string of the molecule is O=C(OCC1CCCCO1)c1ccccc1OCc1ccc(F)cc1. The van der Waals surface area contributed by atoms with Gasteiger partial charge in [0.25, 0.3) is 0 Å². The number of ether oxygens (including phenoxy) is 3. The van der Waals surface area contributed by atoms with Gasteiger partial charge in [0.05, 0.1) is 6.10 Å². The fourth-order valence-corrected chi connectivity index (χ4v) is 2.69. The third-order valence-corrected chi connectivity index (χ3v) is 4.09. The Labute approximate surface area is 146 Å². The number of hydrogen-bond acceptors (Lipinski definition) is 4. The molecule has 0 aliphatic carbocycles. The van der Waals surface area contributed by atoms with Crippen LogP contribution < -0.4 is 4.74 Å². The molecule has 2 aromatic rings. The van der Waals surface area contributed by atoms with E-state index in [9.17, 15) is 9.18 Å². The van der Waals surface area contributed by atoms with Gasteiger partial charge < -0.3 is 14.2 Å². The molecular formula is C20H21FO4. The second-order valence-electron chi connectivity index (χ2n) is 6.00. The van der Waals surface area contributed by atoms with Gasteiger partial charge in [0, 0.05) is 6.61 Å². The van der Waals surface area contributed by atoms with Crippen molar-refractivity contribution < 1.29 is 23.4 Å². The monoisotopic (exact) mass is 344 g/mol. The Hall–Kier alpha value is -2.40. The molecule has 25 heavy (non-hydrogen) atoms. The van der Waals surface area contributed by atoms with E-state index >= 15 is 0 Å². The molecule has 1 aliphatic heterocycles. The molecule has 0 aromatic heterocycles. The predicted molar refractivity (Wildman–Crippen MR) is 91.0 cm³/mol. The van der Waals surface area contributed by atoms with Crippen molar-refractivity contribution in [3.05, 3.63) is 65.5 Å². The van der Waals surface area contributed by atoms with E-state index in [2.05, 4.69) is 0 Å². The van der Waals surface area contributed by atoms with Crippen molar-refractivity contribution >= 4 is 5.97 Å². The Morgan fingerprint density at radius 2 is 1.92 bits per heavy atom. The Balaban J connectivity index is 1.59. The van der Waals surface area contributed by atoms with Gasteiger partial charge in [0.1, 0.15) is 30.3 Å². The summed E-state index contributed by atoms with van der Waals surface area (Å²) in [5, 5.41) is 0. The highest BCUT2D eigenvalue weighted by Gasteiger charge is 2.19. The summed E-state index contributed by atoms with van der Waals surface area (Å²) in [4.78, 5) is 12.4. The van der Waals surface area contributed by atoms with Crippen molar-refractivity contribution in [3.8, 4) is 5.75 Å². The maximum Gasteiger partial charge on any atom is 0.342 e. The summed E-state index contributed by atoms with van der Waals surface area (Å²) in [6.45, 7) is 1.22. The van der Waals surface area contributed by atoms with E-state index in [1.54, 1.807) is 36.4 Å². The maximum absolute atomic E-state index is 12.9. The van der Waals surface area contributed by atoms with Crippen LogP contribution in [0, 0.1) is 5.82 Å². The first-order valence-electron chi connectivity index (χ1n) is 8.47. The number of para-hydroxylation sites is 1. The molecule has 3 rings (SSSR count). The Kier molecular flexibility index (Phi) is 6.01. The molecule has 1 aliphatic rings. The lowest BCUT2D eigenvalue weighted by Gasteiger charge is -2.22. The molecule has 1 unspecified atom stereocenters. The molecule has 132 valence electrons. The summed E-state index contributed by atoms with van der Waals surface area (Å²) < 4.78 is 29.6. The average molecular weight is 344 g/mol. The maximum atomic E-state index is 12.9. The Morgan fingerprint density at radius 3 is 2.68 bits per heavy atom. The first-order valence-corrected chi connectivity index (χ1v) is 8.47. The number of rotatable bonds is 6. The van der Waals surface area contributed by atoms with Crippen LogP contribution in [0.1, 0.15) is 35.2 Å². The second-order valence-corrected chi connectivity index (χ2v) is 6.00. The van der Waals surface area contributed by atoms with Crippen molar-refractivity contribution in [3.63, 3.8) is 0 Å². The minimum atomic E-state index is -0.427. The van der Waals surface area contributed by atoms with Crippen LogP contribution >= 0.6 is 0 Å². The van der Waals surface area contributed by atoms with E-state index in [-0.39, 0.29) is 25.1 Å². The standard InChI is InChI=1S/C20H21FO4/c21-16-10-8-15(9-11-16)13-24-19-7-2-1-6-18(19)20(22)25-14-17-5-3-4-12-23-17/h1-2,6-11,17H,3-5,12-14H2. The molecule has 1 heterocycles. The van der Waals surface area contributed by atoms with Crippen LogP contribution in [-0.2, 0) is 16.1 Å². The molecule has 0 N–H and O–H groups in total. The molecule has 1 saturated heterocycles. The highest BCUT2D eigenvalue weighted by atomic mass is 19.1. The number of benzene rings is 2. The summed E-state index contributed by atoms with van der Waals surface area (Å²) in [6.07, 6.45) is 3.05. The molecule has 0 spiro atoms. The number of halogens is 1. The fourth-order valence-electron chi connectivity index (χ4n) is 2.69. The molecule has 0 bridgehead atoms. The van der Waals surface area contributed by atoms with Crippen LogP contribution in [0.15, 0.2) is 48.5 Å². The lowest BCUT2D eigenvalue weighted by atomic mass is 10.1. The smallest absolute Gasteiger partial charge is 0.342 e. The predicted octanol–water partition coefficient (Wildman–Crippen LogP) is 4.13. The first kappa shape index (κ1) is 17.4. The topological polar surface area (TPSA) is 44.8 Å². The number of esters is 1. The number of hydrogen-bond donors (Lipinski definition) is 0. The Bertz CT molecular complexity index is 693. The van der Waals surface area contributed by atoms with Crippen molar-refractivity contribution in [2.75, 3.05) is 13.2 Å². The quantitative estimate of drug-likeness (QED) is 0.739. The van der Waals surface area contributed by atoms with Gasteiger partial charge in [0.2, 0.25) is 0 Å². The minimum Gasteiger partial charge on any atom is -0.488 e. The summed E-state index contributed by atoms with van der Waals surface area (Å²) in [5.41, 5.74) is 1.19. The number of carbonyl (C=O) groups is 1. The molecule has 4 nitrogen and oxygen atoms in total. The van der Waals surface area contributed by atoms with E-state index in [0.717, 1.165) is 31.4 Å². The molecule has 1 atom stereocenters. The largest absolute Gasteiger partial charge is 0.488 e. The van der Waals surface area contributed by atoms with Crippen LogP contribution in [0.25, 0.3) is 0 Å². The van der Waals surface area contributed by atoms with Crippen LogP contribution in [0.3, 0.4) is 0 Å². The Morgan fingerprint density at radius 1 is 1.12 bits per heavy atom. The average Bonchev–Trinajstić information content (AvgIpc) is 2.67. The van der Waals surface area contributed by atoms with Crippen LogP contribution in [0.4, 0.5) is 4.39 Å². The molecular weight excluding hydrogens is 323 g/mol. The summed E-state index contributed by atoms with van der Waals surface area (Å²) in [6, 6.07) is 13.0. The fraction of sp³-hybridized carbons (Fsp3) is 0.350. The van der Waals surface area contributed by atoms with E-state index < -0.39 is 5.97 Å². The highest BCUT2D eigenvalue weighted by Crippen LogP contribution is 2.21. The van der Waals surface area contributed by atoms with Crippen LogP contribution in [0.2, 0.25) is 0 Å². The molecule has 0 amide bonds. The van der Waals surface area contributed by atoms with Gasteiger partial charge in [-0.1, -0.05) is 24.3 Å². The van der Waals surface area contributed by atoms with E-state index in [1.165, 1.54) is 12.1 Å². The van der Waals surface area contributed by atoms with E-state index in [4.69, 9.17) is 14.2 Å². The minimum absolute atomic E-state index is 0.0232. The molecule has 5 heteroatoms. The zero-order valence-corrected chi connectivity index (χ0v) is 13.9. The van der Waals surface area contributed by atoms with Gasteiger partial charge >= 0.3 is 5.97 Å². The van der Waals surface area contributed by atoms with Crippen molar-refractivity contribution in [1.29, 1.82) is 0 Å². The van der Waals surface area contributed by atoms with Crippen LogP contribution in [0.5, 0.6) is 5.75 Å². The normalized spacial score (nSPS) is 17.1. The van der Waals surface area contributed by atoms with Gasteiger partial charge in [-0.15, -0.1) is 0 Å². The first-order chi connectivity index (χ1) is 12.2. The van der Waals surface area contributed by atoms with Gasteiger partial charge in [-0.25, -0.2) is 9.18 Å². The van der Waals surface area contributed by atoms with Crippen LogP contribution in [-0.4, -0.2) is 25.3 Å². The van der Waals surface area contributed by atoms with Gasteiger partial charge in [-0.05, 0) is 49.1 Å². The third-order valence-electron chi connectivity index (χ3n) is 4.09. The van der Waals surface area contributed by atoms with Crippen molar-refractivity contribution in [1.82, 2.24) is 0 Å². The number of carbonyl (C=O) groups excluding carboxylic acids is 1. The zero-order chi connectivity index (χ0) is 17.5. The molecule has 1 fully saturated rings. The van der Waals surface area contributed by atoms with Gasteiger partial charge in [0.15, 0.2) is 0 Å². The van der Waals surface area contributed by atoms with E-state index in [0.29, 0.717) is 11.3 Å². The van der Waals surface area contributed by atoms with Gasteiger partial charge in [-0.2, -0.15) is 0 Å². The highest BCUT2D eigenvalue weighted by molar-refractivity contribution is 5.92. The summed E-state index contributed by atoms with van der Waals surface area (Å²) in [7, 11) is 0. The molecule has 0 saturated carbocycles. The summed E-state index contributed by atoms with van der Waals surface area (Å²) >= 11 is 0. The second kappa shape index (κ2) is 8.62. The summed E-state index contributed by atoms with van der Waals surface area (Å²) in [5.74, 6) is -0.275. The molecule has 2 aromatic carbocycles. The third kappa shape index (κ3) is 5.03. The van der Waals surface area contributed by atoms with E-state index in [1.807, 2.05) is 0 Å². The zero-order valence-electron chi connectivity index (χ0n) is 13.9. The van der Waals surface area contributed by atoms with Crippen molar-refractivity contribution in [2.24, 2.45) is 0 Å². The van der Waals surface area contributed by atoms with Gasteiger partial charge in [-0.3, -0.25) is 0 Å². The lowest BCUT2D eigenvalue weighted by molar-refractivity contribution is -0.0301. The van der Waals surface area contributed by atoms with Crippen molar-refractivity contribution in [2.45, 2.75) is 32.0 Å².